The average Bonchev–Trinajstić information content (AvgIpc) is 3.37. The molecule has 2 aliphatic heterocycles. The van der Waals surface area contributed by atoms with Crippen molar-refractivity contribution in [1.82, 2.24) is 10.2 Å². The molecule has 0 spiro atoms. The van der Waals surface area contributed by atoms with E-state index in [1.165, 1.54) is 11.1 Å². The summed E-state index contributed by atoms with van der Waals surface area (Å²) in [7, 11) is 0. The predicted octanol–water partition coefficient (Wildman–Crippen LogP) is 1.51. The summed E-state index contributed by atoms with van der Waals surface area (Å²) in [5.74, 6) is -0.367. The molecule has 0 aromatic heterocycles. The zero-order chi connectivity index (χ0) is 19.0. The van der Waals surface area contributed by atoms with Crippen LogP contribution in [0.5, 0.6) is 0 Å². The van der Waals surface area contributed by atoms with Crippen molar-refractivity contribution in [2.24, 2.45) is 11.8 Å². The van der Waals surface area contributed by atoms with E-state index < -0.39 is 12.0 Å². The fourth-order valence-corrected chi connectivity index (χ4v) is 5.16. The summed E-state index contributed by atoms with van der Waals surface area (Å²) in [5, 5.41) is 3.13. The minimum Gasteiger partial charge on any atom is -0.332 e. The topological polar surface area (TPSA) is 66.5 Å². The molecule has 2 heterocycles. The summed E-state index contributed by atoms with van der Waals surface area (Å²) in [4.78, 5) is 39.5. The quantitative estimate of drug-likeness (QED) is 0.616. The van der Waals surface area contributed by atoms with E-state index >= 15 is 0 Å². The summed E-state index contributed by atoms with van der Waals surface area (Å²) in [6, 6.07) is 7.34. The number of hydrogen-bond donors (Lipinski definition) is 1. The second kappa shape index (κ2) is 7.60. The van der Waals surface area contributed by atoms with E-state index in [1.54, 1.807) is 4.90 Å². The third-order valence-corrected chi connectivity index (χ3v) is 6.55. The van der Waals surface area contributed by atoms with Crippen LogP contribution in [-0.4, -0.2) is 52.9 Å². The normalized spacial score (nSPS) is 27.8. The molecule has 2 saturated heterocycles. The van der Waals surface area contributed by atoms with Crippen molar-refractivity contribution in [3.8, 4) is 0 Å². The van der Waals surface area contributed by atoms with Gasteiger partial charge in [0, 0.05) is 24.4 Å². The minimum absolute atomic E-state index is 0.0583. The van der Waals surface area contributed by atoms with Crippen molar-refractivity contribution in [3.05, 3.63) is 35.4 Å². The molecule has 1 aliphatic carbocycles. The van der Waals surface area contributed by atoms with E-state index in [0.29, 0.717) is 30.8 Å². The number of Topliss-reactive ketones (excluding diaryl/α,β-unsaturated/α-hetero) is 1. The number of likely N-dealkylation sites (tertiary alicyclic amines) is 1. The summed E-state index contributed by atoms with van der Waals surface area (Å²) in [6.07, 6.45) is 4.63. The number of aldehydes is 1. The lowest BCUT2D eigenvalue weighted by Crippen LogP contribution is -2.50. The Bertz CT molecular complexity index is 768. The SMILES string of the molecule is O=C[C@@H]1CCCN1C(=O)[C@H]1NCC(=S)C1C(=O)CC1Cc2ccccc2C1. The molecule has 3 aliphatic rings. The number of fused-ring (bicyclic) bond motifs is 1. The van der Waals surface area contributed by atoms with Gasteiger partial charge in [0.05, 0.1) is 12.0 Å². The van der Waals surface area contributed by atoms with Crippen molar-refractivity contribution in [1.29, 1.82) is 0 Å². The highest BCUT2D eigenvalue weighted by Crippen LogP contribution is 2.31. The first kappa shape index (κ1) is 18.4. The van der Waals surface area contributed by atoms with Gasteiger partial charge in [-0.3, -0.25) is 9.59 Å². The maximum Gasteiger partial charge on any atom is 0.241 e. The molecular weight excluding hydrogens is 360 g/mol. The number of amides is 1. The Kier molecular flexibility index (Phi) is 5.19. The first-order chi connectivity index (χ1) is 13.1. The van der Waals surface area contributed by atoms with E-state index in [9.17, 15) is 14.4 Å². The van der Waals surface area contributed by atoms with Crippen molar-refractivity contribution in [2.45, 2.75) is 44.2 Å². The maximum absolute atomic E-state index is 13.1. The van der Waals surface area contributed by atoms with Gasteiger partial charge in [-0.15, -0.1) is 0 Å². The Morgan fingerprint density at radius 1 is 1.22 bits per heavy atom. The average molecular weight is 385 g/mol. The van der Waals surface area contributed by atoms with Crippen LogP contribution in [0.15, 0.2) is 24.3 Å². The molecule has 1 aromatic carbocycles. The lowest BCUT2D eigenvalue weighted by Gasteiger charge is -2.27. The molecule has 0 saturated carbocycles. The van der Waals surface area contributed by atoms with Crippen molar-refractivity contribution < 1.29 is 14.4 Å². The van der Waals surface area contributed by atoms with Crippen molar-refractivity contribution in [2.75, 3.05) is 13.1 Å². The molecule has 0 radical (unpaired) electrons. The van der Waals surface area contributed by atoms with Gasteiger partial charge < -0.3 is 15.0 Å². The smallest absolute Gasteiger partial charge is 0.241 e. The molecule has 3 atom stereocenters. The van der Waals surface area contributed by atoms with Crippen LogP contribution in [0.2, 0.25) is 0 Å². The van der Waals surface area contributed by atoms with Crippen LogP contribution in [0.4, 0.5) is 0 Å². The number of nitrogens with zero attached hydrogens (tertiary/aromatic N) is 1. The number of nitrogens with one attached hydrogen (secondary N) is 1. The molecule has 4 rings (SSSR count). The molecule has 0 bridgehead atoms. The van der Waals surface area contributed by atoms with Gasteiger partial charge in [-0.05, 0) is 42.7 Å². The van der Waals surface area contributed by atoms with E-state index in [-0.39, 0.29) is 23.7 Å². The number of thiocarbonyl (C=S) groups is 1. The summed E-state index contributed by atoms with van der Waals surface area (Å²) >= 11 is 5.43. The largest absolute Gasteiger partial charge is 0.332 e. The van der Waals surface area contributed by atoms with E-state index in [4.69, 9.17) is 12.2 Å². The first-order valence-electron chi connectivity index (χ1n) is 9.70. The van der Waals surface area contributed by atoms with E-state index in [0.717, 1.165) is 25.5 Å². The molecule has 1 N–H and O–H groups in total. The molecule has 6 heteroatoms. The van der Waals surface area contributed by atoms with Gasteiger partial charge in [0.25, 0.3) is 0 Å². The first-order valence-corrected chi connectivity index (χ1v) is 10.1. The summed E-state index contributed by atoms with van der Waals surface area (Å²) in [5.41, 5.74) is 2.64. The molecular formula is C21H24N2O3S. The second-order valence-corrected chi connectivity index (χ2v) is 8.42. The minimum atomic E-state index is -0.616. The third kappa shape index (κ3) is 3.48. The highest BCUT2D eigenvalue weighted by Gasteiger charge is 2.45. The molecule has 2 fully saturated rings. The van der Waals surface area contributed by atoms with Crippen LogP contribution in [0.1, 0.15) is 30.4 Å². The summed E-state index contributed by atoms with van der Waals surface area (Å²) < 4.78 is 0. The molecule has 1 unspecified atom stereocenters. The van der Waals surface area contributed by atoms with Crippen molar-refractivity contribution in [3.63, 3.8) is 0 Å². The number of rotatable bonds is 5. The molecule has 27 heavy (non-hydrogen) atoms. The van der Waals surface area contributed by atoms with Gasteiger partial charge >= 0.3 is 0 Å². The highest BCUT2D eigenvalue weighted by atomic mass is 32.1. The number of ketones is 1. The van der Waals surface area contributed by atoms with Gasteiger partial charge in [-0.2, -0.15) is 0 Å². The monoisotopic (exact) mass is 384 g/mol. The van der Waals surface area contributed by atoms with Gasteiger partial charge in [-0.1, -0.05) is 36.5 Å². The fraction of sp³-hybridized carbons (Fsp3) is 0.524. The van der Waals surface area contributed by atoms with Gasteiger partial charge in [0.1, 0.15) is 18.1 Å². The van der Waals surface area contributed by atoms with Crippen LogP contribution in [-0.2, 0) is 27.2 Å². The van der Waals surface area contributed by atoms with Crippen molar-refractivity contribution >= 4 is 35.1 Å². The number of carbonyl (C=O) groups is 3. The van der Waals surface area contributed by atoms with Crippen LogP contribution in [0, 0.1) is 11.8 Å². The Balaban J connectivity index is 1.44. The zero-order valence-electron chi connectivity index (χ0n) is 15.2. The predicted molar refractivity (Wildman–Crippen MR) is 106 cm³/mol. The Hall–Kier alpha value is -1.92. The number of carbonyl (C=O) groups excluding carboxylic acids is 3. The molecule has 5 nitrogen and oxygen atoms in total. The van der Waals surface area contributed by atoms with E-state index in [1.807, 2.05) is 12.1 Å². The number of hydrogen-bond acceptors (Lipinski definition) is 5. The second-order valence-electron chi connectivity index (χ2n) is 7.89. The van der Waals surface area contributed by atoms with Crippen LogP contribution in [0.3, 0.4) is 0 Å². The fourth-order valence-electron chi connectivity index (χ4n) is 4.81. The molecule has 1 amide bonds. The standard InChI is InChI=1S/C21H24N2O3S/c24-12-16-6-3-7-23(16)21(26)20-19(18(27)11-22-20)17(25)10-13-8-14-4-1-2-5-15(14)9-13/h1-2,4-5,12-13,16,19-20,22H,3,6-11H2/t16-,19?,20-/m0/s1. The maximum atomic E-state index is 13.1. The number of benzene rings is 1. The lowest BCUT2D eigenvalue weighted by molar-refractivity contribution is -0.138. The van der Waals surface area contributed by atoms with E-state index in [2.05, 4.69) is 17.4 Å². The summed E-state index contributed by atoms with van der Waals surface area (Å²) in [6.45, 7) is 0.985. The van der Waals surface area contributed by atoms with Gasteiger partial charge in [0.2, 0.25) is 5.91 Å². The molecule has 1 aromatic rings. The van der Waals surface area contributed by atoms with Gasteiger partial charge in [-0.25, -0.2) is 0 Å². The van der Waals surface area contributed by atoms with Crippen LogP contribution >= 0.6 is 12.2 Å². The highest BCUT2D eigenvalue weighted by molar-refractivity contribution is 7.80. The Morgan fingerprint density at radius 2 is 1.93 bits per heavy atom. The molecule has 142 valence electrons. The lowest BCUT2D eigenvalue weighted by atomic mass is 9.87. The third-order valence-electron chi connectivity index (χ3n) is 6.15. The Morgan fingerprint density at radius 3 is 2.59 bits per heavy atom. The Labute approximate surface area is 164 Å². The van der Waals surface area contributed by atoms with Crippen LogP contribution < -0.4 is 5.32 Å². The van der Waals surface area contributed by atoms with Gasteiger partial charge in [0.15, 0.2) is 0 Å². The van der Waals surface area contributed by atoms with Crippen LogP contribution in [0.25, 0.3) is 0 Å². The zero-order valence-corrected chi connectivity index (χ0v) is 16.0.